The molecule has 3 rings (SSSR count). The highest BCUT2D eigenvalue weighted by molar-refractivity contribution is 7.89. The number of hydrogen-bond acceptors (Lipinski definition) is 4. The first kappa shape index (κ1) is 25.6. The lowest BCUT2D eigenvalue weighted by atomic mass is 9.92. The highest BCUT2D eigenvalue weighted by Gasteiger charge is 2.33. The van der Waals surface area contributed by atoms with Crippen molar-refractivity contribution in [3.8, 4) is 6.07 Å². The van der Waals surface area contributed by atoms with Gasteiger partial charge in [-0.25, -0.2) is 8.42 Å². The first-order valence-electron chi connectivity index (χ1n) is 11.1. The van der Waals surface area contributed by atoms with Crippen LogP contribution in [0.2, 0.25) is 10.0 Å². The number of carbonyl (C=O) groups is 1. The molecule has 1 aliphatic rings. The number of aromatic nitrogens is 1. The molecule has 10 heteroatoms. The molecule has 2 aromatic rings. The first-order valence-corrected chi connectivity index (χ1v) is 13.3. The molecule has 0 radical (unpaired) electrons. The number of hydrogen-bond donors (Lipinski definition) is 1. The van der Waals surface area contributed by atoms with Crippen LogP contribution in [-0.2, 0) is 21.4 Å². The van der Waals surface area contributed by atoms with Gasteiger partial charge in [-0.2, -0.15) is 9.98 Å². The van der Waals surface area contributed by atoms with Gasteiger partial charge in [-0.05, 0) is 49.4 Å². The first-order chi connectivity index (χ1) is 15.8. The summed E-state index contributed by atoms with van der Waals surface area (Å²) in [5.74, 6) is 0.316. The molecule has 7 nitrogen and oxygen atoms in total. The molecule has 1 aliphatic heterocycles. The van der Waals surface area contributed by atoms with Gasteiger partial charge in [-0.3, -0.25) is 4.79 Å². The molecular formula is C23H28Cl2N4O3S. The molecule has 1 unspecified atom stereocenters. The van der Waals surface area contributed by atoms with Crippen LogP contribution in [0, 0.1) is 17.2 Å². The molecule has 1 aromatic heterocycles. The molecule has 2 heterocycles. The summed E-state index contributed by atoms with van der Waals surface area (Å²) in [5, 5.41) is 9.23. The Morgan fingerprint density at radius 3 is 2.48 bits per heavy atom. The van der Waals surface area contributed by atoms with E-state index in [1.807, 2.05) is 0 Å². The highest BCUT2D eigenvalue weighted by Crippen LogP contribution is 2.29. The number of likely N-dealkylation sites (tertiary alicyclic amines) is 1. The number of amides is 1. The largest absolute Gasteiger partial charge is 0.341 e. The van der Waals surface area contributed by atoms with Crippen molar-refractivity contribution in [3.63, 3.8) is 0 Å². The van der Waals surface area contributed by atoms with E-state index in [0.29, 0.717) is 31.2 Å². The third kappa shape index (κ3) is 6.30. The van der Waals surface area contributed by atoms with Crippen LogP contribution in [-0.4, -0.2) is 42.9 Å². The molecule has 0 aliphatic carbocycles. The van der Waals surface area contributed by atoms with Crippen LogP contribution < -0.4 is 4.72 Å². The lowest BCUT2D eigenvalue weighted by molar-refractivity contribution is -0.134. The van der Waals surface area contributed by atoms with E-state index in [4.69, 9.17) is 23.2 Å². The fourth-order valence-electron chi connectivity index (χ4n) is 4.27. The predicted octanol–water partition coefficient (Wildman–Crippen LogP) is 4.44. The molecule has 0 spiro atoms. The quantitative estimate of drug-likeness (QED) is 0.539. The van der Waals surface area contributed by atoms with Crippen LogP contribution in [0.4, 0.5) is 0 Å². The summed E-state index contributed by atoms with van der Waals surface area (Å²) in [6.45, 7) is 3.65. The van der Waals surface area contributed by atoms with Gasteiger partial charge >= 0.3 is 0 Å². The van der Waals surface area contributed by atoms with Gasteiger partial charge in [0.05, 0.1) is 10.0 Å². The molecule has 33 heavy (non-hydrogen) atoms. The third-order valence-corrected chi connectivity index (χ3v) is 8.44. The van der Waals surface area contributed by atoms with E-state index in [-0.39, 0.29) is 27.3 Å². The maximum absolute atomic E-state index is 13.4. The summed E-state index contributed by atoms with van der Waals surface area (Å²) in [6.07, 6.45) is 5.97. The zero-order chi connectivity index (χ0) is 24.0. The van der Waals surface area contributed by atoms with Gasteiger partial charge in [0.25, 0.3) is 0 Å². The van der Waals surface area contributed by atoms with Crippen molar-refractivity contribution in [1.82, 2.24) is 14.2 Å². The summed E-state index contributed by atoms with van der Waals surface area (Å²) in [5.41, 5.74) is 0.443. The van der Waals surface area contributed by atoms with Gasteiger partial charge in [-0.15, -0.1) is 0 Å². The fourth-order valence-corrected chi connectivity index (χ4v) is 6.64. The number of nitrogens with zero attached hydrogens (tertiary/aromatic N) is 3. The summed E-state index contributed by atoms with van der Waals surface area (Å²) in [6, 6.07) is 8.92. The second kappa shape index (κ2) is 11.4. The standard InChI is InChI=1S/C23H28Cl2N4O3S/c1-2-5-17-9-13-29(14-10-17)23(30)21(11-15-28-12-4-6-18(28)16-26)27-33(31,32)22-19(24)7-3-8-20(22)25/h3-4,6-8,12,17,21,27H,2,5,9-11,13-15H2,1H3. The summed E-state index contributed by atoms with van der Waals surface area (Å²) < 4.78 is 30.6. The van der Waals surface area contributed by atoms with Crippen LogP contribution in [0.1, 0.15) is 44.7 Å². The van der Waals surface area contributed by atoms with Crippen molar-refractivity contribution < 1.29 is 13.2 Å². The Bertz CT molecular complexity index is 1100. The van der Waals surface area contributed by atoms with Gasteiger partial charge in [0.2, 0.25) is 15.9 Å². The van der Waals surface area contributed by atoms with Crippen LogP contribution >= 0.6 is 23.2 Å². The van der Waals surface area contributed by atoms with Crippen molar-refractivity contribution in [2.45, 2.75) is 56.5 Å². The molecule has 1 fully saturated rings. The number of nitriles is 1. The molecule has 1 amide bonds. The zero-order valence-corrected chi connectivity index (χ0v) is 20.8. The zero-order valence-electron chi connectivity index (χ0n) is 18.5. The minimum atomic E-state index is -4.17. The van der Waals surface area contributed by atoms with E-state index in [9.17, 15) is 18.5 Å². The number of sulfonamides is 1. The Balaban J connectivity index is 1.82. The number of piperidine rings is 1. The normalized spacial score (nSPS) is 15.9. The number of carbonyl (C=O) groups excluding carboxylic acids is 1. The predicted molar refractivity (Wildman–Crippen MR) is 129 cm³/mol. The SMILES string of the molecule is CCCC1CCN(C(=O)C(CCn2cccc2C#N)NS(=O)(=O)c2c(Cl)cccc2Cl)CC1. The maximum atomic E-state index is 13.4. The van der Waals surface area contributed by atoms with Crippen molar-refractivity contribution in [1.29, 1.82) is 5.26 Å². The average molecular weight is 511 g/mol. The van der Waals surface area contributed by atoms with Crippen molar-refractivity contribution in [2.75, 3.05) is 13.1 Å². The molecule has 178 valence electrons. The van der Waals surface area contributed by atoms with E-state index >= 15 is 0 Å². The van der Waals surface area contributed by atoms with Crippen LogP contribution in [0.25, 0.3) is 0 Å². The molecule has 1 N–H and O–H groups in total. The van der Waals surface area contributed by atoms with Gasteiger partial charge < -0.3 is 9.47 Å². The topological polar surface area (TPSA) is 95.2 Å². The van der Waals surface area contributed by atoms with Gasteiger partial charge in [-0.1, -0.05) is 49.0 Å². The monoisotopic (exact) mass is 510 g/mol. The van der Waals surface area contributed by atoms with Crippen molar-refractivity contribution in [2.24, 2.45) is 5.92 Å². The van der Waals surface area contributed by atoms with Crippen LogP contribution in [0.3, 0.4) is 0 Å². The lowest BCUT2D eigenvalue weighted by Crippen LogP contribution is -2.51. The number of halogens is 2. The van der Waals surface area contributed by atoms with E-state index in [1.165, 1.54) is 12.1 Å². The minimum absolute atomic E-state index is 0.0150. The van der Waals surface area contributed by atoms with Crippen molar-refractivity contribution in [3.05, 3.63) is 52.3 Å². The van der Waals surface area contributed by atoms with Crippen LogP contribution in [0.15, 0.2) is 41.4 Å². The smallest absolute Gasteiger partial charge is 0.244 e. The van der Waals surface area contributed by atoms with E-state index in [1.54, 1.807) is 33.9 Å². The number of benzene rings is 1. The molecule has 1 atom stereocenters. The Kier molecular flexibility index (Phi) is 8.82. The Morgan fingerprint density at radius 1 is 1.21 bits per heavy atom. The fraction of sp³-hybridized carbons (Fsp3) is 0.478. The van der Waals surface area contributed by atoms with Gasteiger partial charge in [0.15, 0.2) is 0 Å². The Hall–Kier alpha value is -2.05. The molecular weight excluding hydrogens is 483 g/mol. The summed E-state index contributed by atoms with van der Waals surface area (Å²) in [4.78, 5) is 14.9. The van der Waals surface area contributed by atoms with E-state index < -0.39 is 16.1 Å². The number of nitrogens with one attached hydrogen (secondary N) is 1. The number of rotatable bonds is 9. The molecule has 1 aromatic carbocycles. The second-order valence-electron chi connectivity index (χ2n) is 8.27. The second-order valence-corrected chi connectivity index (χ2v) is 10.7. The van der Waals surface area contributed by atoms with Gasteiger partial charge in [0.1, 0.15) is 22.7 Å². The highest BCUT2D eigenvalue weighted by atomic mass is 35.5. The third-order valence-electron chi connectivity index (χ3n) is 6.01. The Morgan fingerprint density at radius 2 is 1.88 bits per heavy atom. The molecule has 0 bridgehead atoms. The lowest BCUT2D eigenvalue weighted by Gasteiger charge is -2.34. The molecule has 0 saturated carbocycles. The minimum Gasteiger partial charge on any atom is -0.341 e. The van der Waals surface area contributed by atoms with Crippen molar-refractivity contribution >= 4 is 39.1 Å². The van der Waals surface area contributed by atoms with Crippen LogP contribution in [0.5, 0.6) is 0 Å². The van der Waals surface area contributed by atoms with E-state index in [0.717, 1.165) is 25.7 Å². The summed E-state index contributed by atoms with van der Waals surface area (Å²) >= 11 is 12.3. The van der Waals surface area contributed by atoms with E-state index in [2.05, 4.69) is 17.7 Å². The maximum Gasteiger partial charge on any atom is 0.244 e. The van der Waals surface area contributed by atoms with Gasteiger partial charge in [0, 0.05) is 25.8 Å². The molecule has 1 saturated heterocycles. The Labute approximate surface area is 205 Å². The number of aryl methyl sites for hydroxylation is 1. The average Bonchev–Trinajstić information content (AvgIpc) is 3.24. The summed E-state index contributed by atoms with van der Waals surface area (Å²) in [7, 11) is -4.17.